The lowest BCUT2D eigenvalue weighted by atomic mass is 10.2. The second-order valence-corrected chi connectivity index (χ2v) is 10.4. The maximum Gasteiger partial charge on any atom is 0.306 e. The first-order valence-electron chi connectivity index (χ1n) is 7.34. The van der Waals surface area contributed by atoms with Crippen LogP contribution in [-0.2, 0) is 29.6 Å². The van der Waals surface area contributed by atoms with Gasteiger partial charge >= 0.3 is 5.97 Å². The summed E-state index contributed by atoms with van der Waals surface area (Å²) in [7, 11) is -3.87. The third-order valence-corrected chi connectivity index (χ3v) is 7.91. The van der Waals surface area contributed by atoms with Gasteiger partial charge in [0.05, 0.1) is 16.5 Å². The molecule has 0 spiro atoms. The Morgan fingerprint density at radius 3 is 2.32 bits per heavy atom. The number of ether oxygens (including phenoxy) is 1. The van der Waals surface area contributed by atoms with Crippen LogP contribution in [0.2, 0.25) is 5.02 Å². The Hall–Kier alpha value is -1.20. The molecule has 1 atom stereocenters. The molecule has 1 unspecified atom stereocenters. The monoisotopic (exact) mass is 410 g/mol. The van der Waals surface area contributed by atoms with E-state index in [1.807, 2.05) is 0 Å². The number of halogens is 1. The fourth-order valence-electron chi connectivity index (χ4n) is 2.31. The van der Waals surface area contributed by atoms with Crippen LogP contribution in [0.15, 0.2) is 28.0 Å². The van der Waals surface area contributed by atoms with Crippen LogP contribution in [0.1, 0.15) is 12.8 Å². The zero-order chi connectivity index (χ0) is 19.0. The molecule has 1 heterocycles. The van der Waals surface area contributed by atoms with E-state index in [4.69, 9.17) is 16.3 Å². The maximum atomic E-state index is 12.7. The van der Waals surface area contributed by atoms with Crippen LogP contribution in [0.25, 0.3) is 0 Å². The minimum Gasteiger partial charge on any atom is -0.461 e. The molecular weight excluding hydrogens is 392 g/mol. The predicted molar refractivity (Wildman–Crippen MR) is 91.3 cm³/mol. The molecule has 1 aliphatic rings. The van der Waals surface area contributed by atoms with Crippen LogP contribution >= 0.6 is 11.6 Å². The Labute approximate surface area is 152 Å². The number of nitrogens with zero attached hydrogens (tertiary/aromatic N) is 2. The molecule has 0 radical (unpaired) electrons. The van der Waals surface area contributed by atoms with E-state index < -0.39 is 26.2 Å². The minimum atomic E-state index is -3.97. The number of sulfonamides is 2. The number of benzene rings is 1. The zero-order valence-corrected chi connectivity index (χ0v) is 16.4. The second-order valence-electron chi connectivity index (χ2n) is 5.82. The van der Waals surface area contributed by atoms with E-state index >= 15 is 0 Å². The zero-order valence-electron chi connectivity index (χ0n) is 14.0. The number of rotatable bonds is 6. The van der Waals surface area contributed by atoms with Crippen molar-refractivity contribution in [1.29, 1.82) is 0 Å². The van der Waals surface area contributed by atoms with Gasteiger partial charge in [0.2, 0.25) is 20.0 Å². The van der Waals surface area contributed by atoms with Crippen LogP contribution in [0.5, 0.6) is 0 Å². The molecule has 1 aromatic rings. The van der Waals surface area contributed by atoms with E-state index in [9.17, 15) is 21.6 Å². The first-order chi connectivity index (χ1) is 11.5. The smallest absolute Gasteiger partial charge is 0.306 e. The fourth-order valence-corrected chi connectivity index (χ4v) is 5.01. The lowest BCUT2D eigenvalue weighted by Gasteiger charge is -2.21. The van der Waals surface area contributed by atoms with Crippen molar-refractivity contribution in [2.75, 3.05) is 27.7 Å². The molecular formula is C14H19ClN2O6S2. The molecule has 0 N–H and O–H groups in total. The van der Waals surface area contributed by atoms with Gasteiger partial charge in [-0.25, -0.2) is 21.1 Å². The molecule has 0 aromatic heterocycles. The predicted octanol–water partition coefficient (Wildman–Crippen LogP) is 0.916. The van der Waals surface area contributed by atoms with E-state index in [2.05, 4.69) is 0 Å². The number of carbonyl (C=O) groups is 1. The number of hydrogen-bond acceptors (Lipinski definition) is 6. The molecule has 140 valence electrons. The summed E-state index contributed by atoms with van der Waals surface area (Å²) in [5, 5.41) is -0.0694. The average molecular weight is 411 g/mol. The summed E-state index contributed by atoms with van der Waals surface area (Å²) in [6.07, 6.45) is 0.189. The van der Waals surface area contributed by atoms with E-state index in [1.54, 1.807) is 0 Å². The van der Waals surface area contributed by atoms with Crippen molar-refractivity contribution in [3.8, 4) is 0 Å². The number of hydrogen-bond donors (Lipinski definition) is 0. The fraction of sp³-hybridized carbons (Fsp3) is 0.500. The molecule has 0 amide bonds. The largest absolute Gasteiger partial charge is 0.461 e. The first kappa shape index (κ1) is 20.1. The number of likely N-dealkylation sites (N-methyl/N-ethyl adjacent to an activating group) is 1. The molecule has 0 saturated carbocycles. The van der Waals surface area contributed by atoms with Gasteiger partial charge in [0.15, 0.2) is 0 Å². The van der Waals surface area contributed by atoms with Gasteiger partial charge in [-0.2, -0.15) is 4.31 Å². The van der Waals surface area contributed by atoms with Crippen molar-refractivity contribution in [2.45, 2.75) is 28.7 Å². The van der Waals surface area contributed by atoms with Gasteiger partial charge in [0.1, 0.15) is 11.0 Å². The molecule has 1 saturated heterocycles. The highest BCUT2D eigenvalue weighted by molar-refractivity contribution is 7.90. The van der Waals surface area contributed by atoms with Crippen LogP contribution in [0.4, 0.5) is 0 Å². The van der Waals surface area contributed by atoms with Gasteiger partial charge in [0, 0.05) is 27.6 Å². The summed E-state index contributed by atoms with van der Waals surface area (Å²) in [6, 6.07) is 3.50. The maximum absolute atomic E-state index is 12.7. The Bertz CT molecular complexity index is 883. The second kappa shape index (κ2) is 7.20. The highest BCUT2D eigenvalue weighted by Gasteiger charge is 2.31. The number of cyclic esters (lactones) is 1. The Kier molecular flexibility index (Phi) is 5.79. The van der Waals surface area contributed by atoms with Crippen molar-refractivity contribution < 1.29 is 26.4 Å². The molecule has 1 fully saturated rings. The average Bonchev–Trinajstić information content (AvgIpc) is 2.92. The molecule has 1 aliphatic heterocycles. The van der Waals surface area contributed by atoms with Gasteiger partial charge in [-0.3, -0.25) is 4.79 Å². The molecule has 2 rings (SSSR count). The van der Waals surface area contributed by atoms with Gasteiger partial charge < -0.3 is 4.74 Å². The van der Waals surface area contributed by atoms with Crippen LogP contribution in [0, 0.1) is 0 Å². The van der Waals surface area contributed by atoms with Crippen molar-refractivity contribution in [2.24, 2.45) is 0 Å². The molecule has 0 aliphatic carbocycles. The van der Waals surface area contributed by atoms with Crippen molar-refractivity contribution >= 4 is 37.6 Å². The normalized spacial score (nSPS) is 18.8. The highest BCUT2D eigenvalue weighted by atomic mass is 35.5. The minimum absolute atomic E-state index is 0.00748. The van der Waals surface area contributed by atoms with E-state index in [0.29, 0.717) is 6.42 Å². The van der Waals surface area contributed by atoms with E-state index in [0.717, 1.165) is 14.7 Å². The summed E-state index contributed by atoms with van der Waals surface area (Å²) in [5.41, 5.74) is 0. The summed E-state index contributed by atoms with van der Waals surface area (Å²) in [5.74, 6) is -0.360. The topological polar surface area (TPSA) is 101 Å². The van der Waals surface area contributed by atoms with E-state index in [1.165, 1.54) is 33.3 Å². The summed E-state index contributed by atoms with van der Waals surface area (Å²) >= 11 is 5.94. The highest BCUT2D eigenvalue weighted by Crippen LogP contribution is 2.28. The standard InChI is InChI=1S/C14H19ClN2O6S2/c1-16(2)25(21,22)13-8-11(5-6-12(13)15)24(19,20)17(3)9-10-4-7-14(18)23-10/h5-6,8,10H,4,7,9H2,1-3H3. The summed E-state index contributed by atoms with van der Waals surface area (Å²) in [6.45, 7) is -0.00748. The molecule has 25 heavy (non-hydrogen) atoms. The van der Waals surface area contributed by atoms with Gasteiger partial charge in [-0.15, -0.1) is 0 Å². The van der Waals surface area contributed by atoms with Gasteiger partial charge in [0.25, 0.3) is 0 Å². The Morgan fingerprint density at radius 1 is 1.16 bits per heavy atom. The van der Waals surface area contributed by atoms with Crippen molar-refractivity contribution in [3.63, 3.8) is 0 Å². The molecule has 11 heteroatoms. The lowest BCUT2D eigenvalue weighted by molar-refractivity contribution is -0.141. The van der Waals surface area contributed by atoms with Gasteiger partial charge in [-0.1, -0.05) is 11.6 Å². The van der Waals surface area contributed by atoms with Crippen LogP contribution < -0.4 is 0 Å². The SMILES string of the molecule is CN(C)S(=O)(=O)c1cc(S(=O)(=O)N(C)CC2CCC(=O)O2)ccc1Cl. The summed E-state index contributed by atoms with van der Waals surface area (Å²) < 4.78 is 57.0. The third kappa shape index (κ3) is 4.14. The third-order valence-electron chi connectivity index (χ3n) is 3.80. The lowest BCUT2D eigenvalue weighted by Crippen LogP contribution is -2.34. The Balaban J connectivity index is 2.35. The van der Waals surface area contributed by atoms with Gasteiger partial charge in [-0.05, 0) is 24.6 Å². The first-order valence-corrected chi connectivity index (χ1v) is 10.6. The molecule has 1 aromatic carbocycles. The Morgan fingerprint density at radius 2 is 1.80 bits per heavy atom. The van der Waals surface area contributed by atoms with Crippen molar-refractivity contribution in [1.82, 2.24) is 8.61 Å². The number of carbonyl (C=O) groups excluding carboxylic acids is 1. The number of esters is 1. The molecule has 8 nitrogen and oxygen atoms in total. The summed E-state index contributed by atoms with van der Waals surface area (Å²) in [4.78, 5) is 10.6. The van der Waals surface area contributed by atoms with Crippen LogP contribution in [-0.4, -0.2) is 65.2 Å². The quantitative estimate of drug-likeness (QED) is 0.646. The molecule has 0 bridgehead atoms. The van der Waals surface area contributed by atoms with Crippen LogP contribution in [0.3, 0.4) is 0 Å². The van der Waals surface area contributed by atoms with E-state index in [-0.39, 0.29) is 33.7 Å². The van der Waals surface area contributed by atoms with Crippen molar-refractivity contribution in [3.05, 3.63) is 23.2 Å².